The quantitative estimate of drug-likeness (QED) is 0.470. The molecule has 4 N–H and O–H groups in total. The van der Waals surface area contributed by atoms with E-state index in [9.17, 15) is 37.8 Å². The normalized spacial score (nSPS) is 14.2. The van der Waals surface area contributed by atoms with Crippen LogP contribution in [-0.2, 0) is 16.0 Å². The topological polar surface area (TPSA) is 116 Å². The number of hydrogen-bond acceptors (Lipinski definition) is 4. The van der Waals surface area contributed by atoms with Gasteiger partial charge >= 0.3 is 12.1 Å². The van der Waals surface area contributed by atoms with Crippen molar-refractivity contribution < 1.29 is 37.8 Å². The van der Waals surface area contributed by atoms with Crippen LogP contribution in [0.3, 0.4) is 0 Å². The number of aliphatic carboxylic acids is 1. The fourth-order valence-corrected chi connectivity index (χ4v) is 2.81. The molecule has 7 nitrogen and oxygen atoms in total. The van der Waals surface area contributed by atoms with Crippen LogP contribution >= 0.6 is 11.6 Å². The number of carboxylic acids is 1. The molecule has 2 amide bonds. The number of anilines is 1. The van der Waals surface area contributed by atoms with E-state index in [0.29, 0.717) is 13.3 Å². The van der Waals surface area contributed by atoms with E-state index in [2.05, 4.69) is 5.32 Å². The summed E-state index contributed by atoms with van der Waals surface area (Å²) in [6.45, 7) is 0.291. The maximum absolute atomic E-state index is 12.8. The van der Waals surface area contributed by atoms with Gasteiger partial charge in [0.2, 0.25) is 5.60 Å². The highest BCUT2D eigenvalue weighted by Gasteiger charge is 2.55. The first kappa shape index (κ1) is 25.2. The molecular formula is C21H20ClF3N2O5. The summed E-state index contributed by atoms with van der Waals surface area (Å²) in [4.78, 5) is 35.7. The number of benzene rings is 2. The molecule has 0 radical (unpaired) electrons. The zero-order chi connectivity index (χ0) is 24.1. The molecule has 0 spiro atoms. The molecule has 0 aromatic heterocycles. The van der Waals surface area contributed by atoms with E-state index >= 15 is 0 Å². The van der Waals surface area contributed by atoms with E-state index in [1.165, 1.54) is 0 Å². The van der Waals surface area contributed by atoms with Crippen LogP contribution in [0.25, 0.3) is 0 Å². The van der Waals surface area contributed by atoms with E-state index in [1.807, 2.05) is 23.5 Å². The number of rotatable bonds is 8. The summed E-state index contributed by atoms with van der Waals surface area (Å²) in [5.74, 6) is -3.76. The van der Waals surface area contributed by atoms with Gasteiger partial charge in [0.05, 0.1) is 10.7 Å². The Hall–Kier alpha value is -3.11. The Balaban J connectivity index is 2.08. The maximum Gasteiger partial charge on any atom is 0.426 e. The third-order valence-electron chi connectivity index (χ3n) is 4.64. The second-order valence-electron chi connectivity index (χ2n) is 7.11. The van der Waals surface area contributed by atoms with Crippen LogP contribution < -0.4 is 10.6 Å². The van der Waals surface area contributed by atoms with Crippen LogP contribution in [0.4, 0.5) is 18.9 Å². The number of aliphatic hydroxyl groups is 1. The van der Waals surface area contributed by atoms with Crippen LogP contribution in [0, 0.1) is 0 Å². The third-order valence-corrected chi connectivity index (χ3v) is 4.95. The first-order chi connectivity index (χ1) is 14.8. The molecule has 0 aliphatic heterocycles. The smallest absolute Gasteiger partial charge is 0.426 e. The molecule has 0 saturated heterocycles. The van der Waals surface area contributed by atoms with Gasteiger partial charge < -0.3 is 20.8 Å². The molecule has 0 bridgehead atoms. The minimum absolute atomic E-state index is 0.0680. The summed E-state index contributed by atoms with van der Waals surface area (Å²) in [7, 11) is 0. The minimum atomic E-state index is -5.21. The predicted molar refractivity (Wildman–Crippen MR) is 110 cm³/mol. The average Bonchev–Trinajstić information content (AvgIpc) is 2.71. The highest BCUT2D eigenvalue weighted by molar-refractivity contribution is 6.34. The number of carbonyl (C=O) groups is 3. The molecule has 0 aliphatic carbocycles. The number of alkyl halides is 3. The van der Waals surface area contributed by atoms with Crippen molar-refractivity contribution in [1.29, 1.82) is 0 Å². The van der Waals surface area contributed by atoms with E-state index in [-0.39, 0.29) is 22.7 Å². The van der Waals surface area contributed by atoms with Crippen molar-refractivity contribution in [2.75, 3.05) is 5.32 Å². The molecule has 172 valence electrons. The molecular weight excluding hydrogens is 453 g/mol. The lowest BCUT2D eigenvalue weighted by atomic mass is 10.0. The van der Waals surface area contributed by atoms with E-state index in [1.54, 1.807) is 12.1 Å². The van der Waals surface area contributed by atoms with Crippen molar-refractivity contribution in [2.45, 2.75) is 37.6 Å². The molecule has 32 heavy (non-hydrogen) atoms. The van der Waals surface area contributed by atoms with Gasteiger partial charge in [0.25, 0.3) is 11.8 Å². The molecule has 1 unspecified atom stereocenters. The second kappa shape index (κ2) is 10.0. The summed E-state index contributed by atoms with van der Waals surface area (Å²) in [6, 6.07) is 11.2. The van der Waals surface area contributed by atoms with Gasteiger partial charge in [-0.15, -0.1) is 0 Å². The predicted octanol–water partition coefficient (Wildman–Crippen LogP) is 3.41. The second-order valence-corrected chi connectivity index (χ2v) is 7.51. The number of carboxylic acid groups (broad SMARTS) is 1. The molecule has 2 rings (SSSR count). The van der Waals surface area contributed by atoms with E-state index < -0.39 is 35.6 Å². The van der Waals surface area contributed by atoms with Crippen LogP contribution in [0.1, 0.15) is 29.3 Å². The van der Waals surface area contributed by atoms with Gasteiger partial charge in [-0.25, -0.2) is 4.79 Å². The van der Waals surface area contributed by atoms with Crippen molar-refractivity contribution in [3.63, 3.8) is 0 Å². The van der Waals surface area contributed by atoms with Crippen molar-refractivity contribution in [2.24, 2.45) is 0 Å². The molecule has 0 aliphatic rings. The maximum atomic E-state index is 12.8. The van der Waals surface area contributed by atoms with E-state index in [0.717, 1.165) is 23.8 Å². The molecule has 0 fully saturated rings. The fraction of sp³-hybridized carbons (Fsp3) is 0.286. The van der Waals surface area contributed by atoms with Gasteiger partial charge in [-0.05, 0) is 43.5 Å². The lowest BCUT2D eigenvalue weighted by Gasteiger charge is -2.25. The Bertz CT molecular complexity index is 997. The fourth-order valence-electron chi connectivity index (χ4n) is 2.59. The standard InChI is InChI=1S/C21H20ClF3N2O5/c1-20(32,21(23,24)25)19(31)27-15-10-8-13(11-14(15)22)17(28)26-16(18(29)30)9-7-12-5-3-2-4-6-12/h2-6,8,10-11,16,32H,7,9H2,1H3,(H,26,28)(H,27,31)(H,29,30)/t16-,20?/m0/s1. The lowest BCUT2D eigenvalue weighted by Crippen LogP contribution is -2.52. The molecule has 2 aromatic rings. The molecule has 0 heterocycles. The van der Waals surface area contributed by atoms with Crippen LogP contribution in [0.5, 0.6) is 0 Å². The number of hydrogen-bond donors (Lipinski definition) is 4. The third kappa shape index (κ3) is 6.21. The van der Waals surface area contributed by atoms with Gasteiger partial charge in [0.15, 0.2) is 0 Å². The largest absolute Gasteiger partial charge is 0.480 e. The summed E-state index contributed by atoms with van der Waals surface area (Å²) >= 11 is 5.95. The zero-order valence-corrected chi connectivity index (χ0v) is 17.5. The number of nitrogens with one attached hydrogen (secondary N) is 2. The van der Waals surface area contributed by atoms with Crippen molar-refractivity contribution in [1.82, 2.24) is 5.32 Å². The highest BCUT2D eigenvalue weighted by Crippen LogP contribution is 2.32. The summed E-state index contributed by atoms with van der Waals surface area (Å²) in [6.07, 6.45) is -4.68. The lowest BCUT2D eigenvalue weighted by molar-refractivity contribution is -0.242. The van der Waals surface area contributed by atoms with Gasteiger partial charge in [-0.2, -0.15) is 13.2 Å². The molecule has 11 heteroatoms. The Kier molecular flexibility index (Phi) is 7.87. The van der Waals surface area contributed by atoms with E-state index in [4.69, 9.17) is 11.6 Å². The monoisotopic (exact) mass is 472 g/mol. The van der Waals surface area contributed by atoms with Crippen molar-refractivity contribution in [3.8, 4) is 0 Å². The Morgan fingerprint density at radius 3 is 2.25 bits per heavy atom. The number of aryl methyl sites for hydroxylation is 1. The van der Waals surface area contributed by atoms with Gasteiger partial charge in [-0.3, -0.25) is 9.59 Å². The SMILES string of the molecule is CC(O)(C(=O)Nc1ccc(C(=O)N[C@@H](CCc2ccccc2)C(=O)O)cc1Cl)C(F)(F)F. The number of carbonyl (C=O) groups excluding carboxylic acids is 2. The zero-order valence-electron chi connectivity index (χ0n) is 16.7. The summed E-state index contributed by atoms with van der Waals surface area (Å²) in [5, 5.41) is 22.7. The summed E-state index contributed by atoms with van der Waals surface area (Å²) in [5.41, 5.74) is -3.09. The number of amides is 2. The van der Waals surface area contributed by atoms with Gasteiger partial charge in [0.1, 0.15) is 6.04 Å². The Labute approximate surface area is 186 Å². The van der Waals surface area contributed by atoms with Crippen LogP contribution in [0.15, 0.2) is 48.5 Å². The first-order valence-electron chi connectivity index (χ1n) is 9.30. The number of halogens is 4. The molecule has 2 aromatic carbocycles. The molecule has 0 saturated carbocycles. The summed E-state index contributed by atoms with van der Waals surface area (Å²) < 4.78 is 38.3. The Morgan fingerprint density at radius 2 is 1.72 bits per heavy atom. The molecule has 2 atom stereocenters. The van der Waals surface area contributed by atoms with Crippen molar-refractivity contribution in [3.05, 3.63) is 64.7 Å². The average molecular weight is 473 g/mol. The first-order valence-corrected chi connectivity index (χ1v) is 9.68. The van der Waals surface area contributed by atoms with Crippen molar-refractivity contribution >= 4 is 35.1 Å². The van der Waals surface area contributed by atoms with Crippen LogP contribution in [0.2, 0.25) is 5.02 Å². The minimum Gasteiger partial charge on any atom is -0.480 e. The Morgan fingerprint density at radius 1 is 1.09 bits per heavy atom. The van der Waals surface area contributed by atoms with Crippen LogP contribution in [-0.4, -0.2) is 45.8 Å². The van der Waals surface area contributed by atoms with Gasteiger partial charge in [-0.1, -0.05) is 41.9 Å². The van der Waals surface area contributed by atoms with Gasteiger partial charge in [0, 0.05) is 5.56 Å². The highest BCUT2D eigenvalue weighted by atomic mass is 35.5.